The molecule has 0 saturated carbocycles. The maximum absolute atomic E-state index is 13.3. The highest BCUT2D eigenvalue weighted by atomic mass is 16.6. The van der Waals surface area contributed by atoms with Crippen molar-refractivity contribution in [3.05, 3.63) is 59.2 Å². The average Bonchev–Trinajstić information content (AvgIpc) is 3.13. The summed E-state index contributed by atoms with van der Waals surface area (Å²) in [5.74, 6) is 0.190. The van der Waals surface area contributed by atoms with Gasteiger partial charge >= 0.3 is 0 Å². The maximum atomic E-state index is 13.3. The number of aliphatic hydroxyl groups excluding tert-OH is 1. The lowest BCUT2D eigenvalue weighted by atomic mass is 9.95. The van der Waals surface area contributed by atoms with Crippen LogP contribution in [0.1, 0.15) is 43.4 Å². The second-order valence-corrected chi connectivity index (χ2v) is 9.28. The monoisotopic (exact) mass is 494 g/mol. The number of Topliss-reactive ketones (excluding diaryl/α,β-unsaturated/α-hetero) is 1. The normalized spacial score (nSPS) is 18.7. The third-order valence-corrected chi connectivity index (χ3v) is 6.30. The molecule has 2 aliphatic heterocycles. The second kappa shape index (κ2) is 11.5. The molecule has 8 nitrogen and oxygen atoms in total. The number of hydrogen-bond donors (Lipinski definition) is 1. The summed E-state index contributed by atoms with van der Waals surface area (Å²) in [7, 11) is 3.93. The minimum atomic E-state index is -0.727. The predicted molar refractivity (Wildman–Crippen MR) is 136 cm³/mol. The zero-order valence-electron chi connectivity index (χ0n) is 21.2. The Kier molecular flexibility index (Phi) is 8.15. The standard InChI is InChI=1S/C28H34N2O6/c1-4-5-14-34-21-9-6-8-19(17-21)25-24(27(32)28(33)30(25)13-7-12-29(2)3)26(31)20-10-11-22-23(18-20)36-16-15-35-22/h6,8-11,17-18,25,31H,4-5,7,12-16H2,1-3H3/t25-/m0/s1. The summed E-state index contributed by atoms with van der Waals surface area (Å²) in [6, 6.07) is 11.7. The van der Waals surface area contributed by atoms with E-state index in [1.165, 1.54) is 0 Å². The van der Waals surface area contributed by atoms with E-state index in [2.05, 4.69) is 6.92 Å². The van der Waals surface area contributed by atoms with Crippen LogP contribution < -0.4 is 14.2 Å². The molecule has 1 amide bonds. The molecule has 0 spiro atoms. The van der Waals surface area contributed by atoms with Crippen LogP contribution in [0, 0.1) is 0 Å². The number of carbonyl (C=O) groups is 2. The van der Waals surface area contributed by atoms with Crippen LogP contribution >= 0.6 is 0 Å². The number of carbonyl (C=O) groups excluding carboxylic acids is 2. The van der Waals surface area contributed by atoms with Crippen molar-refractivity contribution in [2.45, 2.75) is 32.2 Å². The molecule has 2 aromatic rings. The van der Waals surface area contributed by atoms with Gasteiger partial charge < -0.3 is 29.1 Å². The predicted octanol–water partition coefficient (Wildman–Crippen LogP) is 4.01. The molecule has 1 fully saturated rings. The van der Waals surface area contributed by atoms with Gasteiger partial charge in [0.25, 0.3) is 11.7 Å². The van der Waals surface area contributed by atoms with Gasteiger partial charge in [-0.3, -0.25) is 9.59 Å². The van der Waals surface area contributed by atoms with Crippen LogP contribution in [0.3, 0.4) is 0 Å². The Bertz CT molecular complexity index is 1140. The number of rotatable bonds is 10. The number of ketones is 1. The Morgan fingerprint density at radius 1 is 1.08 bits per heavy atom. The third-order valence-electron chi connectivity index (χ3n) is 6.30. The van der Waals surface area contributed by atoms with Crippen LogP contribution in [0.25, 0.3) is 5.76 Å². The number of fused-ring (bicyclic) bond motifs is 1. The van der Waals surface area contributed by atoms with Crippen molar-refractivity contribution in [3.63, 3.8) is 0 Å². The van der Waals surface area contributed by atoms with Crippen LogP contribution in [0.15, 0.2) is 48.0 Å². The maximum Gasteiger partial charge on any atom is 0.295 e. The van der Waals surface area contributed by atoms with Gasteiger partial charge in [-0.25, -0.2) is 0 Å². The van der Waals surface area contributed by atoms with Gasteiger partial charge in [0.15, 0.2) is 11.5 Å². The van der Waals surface area contributed by atoms with Crippen molar-refractivity contribution in [1.29, 1.82) is 0 Å². The lowest BCUT2D eigenvalue weighted by Gasteiger charge is -2.26. The van der Waals surface area contributed by atoms with Gasteiger partial charge in [-0.15, -0.1) is 0 Å². The van der Waals surface area contributed by atoms with Crippen LogP contribution in [-0.4, -0.2) is 73.6 Å². The van der Waals surface area contributed by atoms with E-state index in [9.17, 15) is 14.7 Å². The fraction of sp³-hybridized carbons (Fsp3) is 0.429. The van der Waals surface area contributed by atoms with Crippen molar-refractivity contribution in [1.82, 2.24) is 9.80 Å². The van der Waals surface area contributed by atoms with Gasteiger partial charge in [-0.1, -0.05) is 25.5 Å². The van der Waals surface area contributed by atoms with Gasteiger partial charge in [0.05, 0.1) is 18.2 Å². The minimum Gasteiger partial charge on any atom is -0.507 e. The molecule has 0 radical (unpaired) electrons. The second-order valence-electron chi connectivity index (χ2n) is 9.28. The smallest absolute Gasteiger partial charge is 0.295 e. The van der Waals surface area contributed by atoms with Crippen molar-refractivity contribution in [2.75, 3.05) is 47.0 Å². The molecular formula is C28H34N2O6. The number of likely N-dealkylation sites (tertiary alicyclic amines) is 1. The summed E-state index contributed by atoms with van der Waals surface area (Å²) in [4.78, 5) is 30.1. The van der Waals surface area contributed by atoms with Crippen LogP contribution in [-0.2, 0) is 9.59 Å². The van der Waals surface area contributed by atoms with E-state index < -0.39 is 17.7 Å². The van der Waals surface area contributed by atoms with Gasteiger partial charge in [-0.2, -0.15) is 0 Å². The molecule has 0 bridgehead atoms. The molecule has 2 aromatic carbocycles. The van der Waals surface area contributed by atoms with E-state index in [1.807, 2.05) is 43.3 Å². The van der Waals surface area contributed by atoms with Gasteiger partial charge in [0.1, 0.15) is 24.7 Å². The van der Waals surface area contributed by atoms with Gasteiger partial charge in [0, 0.05) is 12.1 Å². The Balaban J connectivity index is 1.75. The Morgan fingerprint density at radius 3 is 2.61 bits per heavy atom. The Hall–Kier alpha value is -3.52. The van der Waals surface area contributed by atoms with Crippen molar-refractivity contribution >= 4 is 17.4 Å². The molecular weight excluding hydrogens is 460 g/mol. The zero-order chi connectivity index (χ0) is 25.7. The molecule has 36 heavy (non-hydrogen) atoms. The highest BCUT2D eigenvalue weighted by Crippen LogP contribution is 2.41. The van der Waals surface area contributed by atoms with Gasteiger partial charge in [-0.05, 0) is 69.4 Å². The van der Waals surface area contributed by atoms with E-state index in [0.717, 1.165) is 19.4 Å². The molecule has 192 valence electrons. The third kappa shape index (κ3) is 5.49. The largest absolute Gasteiger partial charge is 0.507 e. The van der Waals surface area contributed by atoms with E-state index in [1.54, 1.807) is 23.1 Å². The molecule has 2 aliphatic rings. The van der Waals surface area contributed by atoms with Crippen molar-refractivity contribution in [3.8, 4) is 17.2 Å². The first-order chi connectivity index (χ1) is 17.4. The highest BCUT2D eigenvalue weighted by molar-refractivity contribution is 6.46. The summed E-state index contributed by atoms with van der Waals surface area (Å²) in [6.45, 7) is 4.68. The molecule has 0 unspecified atom stereocenters. The van der Waals surface area contributed by atoms with Crippen LogP contribution in [0.5, 0.6) is 17.2 Å². The summed E-state index contributed by atoms with van der Waals surface area (Å²) < 4.78 is 17.1. The number of benzene rings is 2. The highest BCUT2D eigenvalue weighted by Gasteiger charge is 2.46. The zero-order valence-corrected chi connectivity index (χ0v) is 21.2. The average molecular weight is 495 g/mol. The SMILES string of the molecule is CCCCOc1cccc([C@H]2C(=C(O)c3ccc4c(c3)OCCO4)C(=O)C(=O)N2CCCN(C)C)c1. The van der Waals surface area contributed by atoms with Crippen LogP contribution in [0.2, 0.25) is 0 Å². The Labute approximate surface area is 212 Å². The number of nitrogens with zero attached hydrogens (tertiary/aromatic N) is 2. The molecule has 8 heteroatoms. The fourth-order valence-corrected chi connectivity index (χ4v) is 4.47. The summed E-state index contributed by atoms with van der Waals surface area (Å²) in [5.41, 5.74) is 1.17. The molecule has 0 aromatic heterocycles. The molecule has 2 heterocycles. The topological polar surface area (TPSA) is 88.5 Å². The number of ether oxygens (including phenoxy) is 3. The molecule has 1 N–H and O–H groups in total. The fourth-order valence-electron chi connectivity index (χ4n) is 4.47. The lowest BCUT2D eigenvalue weighted by molar-refractivity contribution is -0.139. The number of amides is 1. The molecule has 1 saturated heterocycles. The van der Waals surface area contributed by atoms with Crippen molar-refractivity contribution in [2.24, 2.45) is 0 Å². The molecule has 1 atom stereocenters. The van der Waals surface area contributed by atoms with E-state index >= 15 is 0 Å². The summed E-state index contributed by atoms with van der Waals surface area (Å²) >= 11 is 0. The first kappa shape index (κ1) is 25.6. The first-order valence-corrected chi connectivity index (χ1v) is 12.5. The van der Waals surface area contributed by atoms with Crippen LogP contribution in [0.4, 0.5) is 0 Å². The molecule has 0 aliphatic carbocycles. The number of hydrogen-bond acceptors (Lipinski definition) is 7. The lowest BCUT2D eigenvalue weighted by Crippen LogP contribution is -2.32. The van der Waals surface area contributed by atoms with Gasteiger partial charge in [0.2, 0.25) is 0 Å². The van der Waals surface area contributed by atoms with Crippen molar-refractivity contribution < 1.29 is 28.9 Å². The van der Waals surface area contributed by atoms with E-state index in [4.69, 9.17) is 14.2 Å². The van der Waals surface area contributed by atoms with E-state index in [0.29, 0.717) is 61.2 Å². The Morgan fingerprint density at radius 2 is 1.86 bits per heavy atom. The minimum absolute atomic E-state index is 0.0623. The quantitative estimate of drug-likeness (QED) is 0.231. The molecule has 4 rings (SSSR count). The first-order valence-electron chi connectivity index (χ1n) is 12.5. The van der Waals surface area contributed by atoms with E-state index in [-0.39, 0.29) is 11.3 Å². The number of aliphatic hydroxyl groups is 1. The summed E-state index contributed by atoms with van der Waals surface area (Å²) in [6.07, 6.45) is 2.63. The summed E-state index contributed by atoms with van der Waals surface area (Å²) in [5, 5.41) is 11.4. The number of unbranched alkanes of at least 4 members (excludes halogenated alkanes) is 1.